The summed E-state index contributed by atoms with van der Waals surface area (Å²) in [6, 6.07) is 2.62. The van der Waals surface area contributed by atoms with E-state index in [9.17, 15) is 14.9 Å². The Hall–Kier alpha value is -2.11. The zero-order chi connectivity index (χ0) is 12.3. The van der Waals surface area contributed by atoms with Gasteiger partial charge in [-0.05, 0) is 13.0 Å². The predicted octanol–water partition coefficient (Wildman–Crippen LogP) is 1.81. The van der Waals surface area contributed by atoms with Crippen molar-refractivity contribution >= 4 is 11.5 Å². The Kier molecular flexibility index (Phi) is 3.44. The number of methoxy groups -OCH3 is 2. The molecule has 16 heavy (non-hydrogen) atoms. The van der Waals surface area contributed by atoms with E-state index < -0.39 is 4.92 Å². The lowest BCUT2D eigenvalue weighted by molar-refractivity contribution is -0.385. The van der Waals surface area contributed by atoms with Crippen molar-refractivity contribution in [3.63, 3.8) is 0 Å². The molecule has 0 heterocycles. The summed E-state index contributed by atoms with van der Waals surface area (Å²) in [5, 5.41) is 10.8. The van der Waals surface area contributed by atoms with E-state index in [4.69, 9.17) is 9.47 Å². The summed E-state index contributed by atoms with van der Waals surface area (Å²) in [5.41, 5.74) is -0.152. The largest absolute Gasteiger partial charge is 0.496 e. The second kappa shape index (κ2) is 4.61. The molecule has 0 N–H and O–H groups in total. The molecule has 0 saturated carbocycles. The number of ether oxygens (including phenoxy) is 2. The summed E-state index contributed by atoms with van der Waals surface area (Å²) in [4.78, 5) is 21.5. The van der Waals surface area contributed by atoms with Crippen LogP contribution in [0.4, 0.5) is 5.69 Å². The van der Waals surface area contributed by atoms with Crippen LogP contribution in [-0.2, 0) is 0 Å². The zero-order valence-electron chi connectivity index (χ0n) is 9.14. The molecule has 0 aliphatic rings. The third kappa shape index (κ3) is 2.10. The minimum absolute atomic E-state index is 0.0432. The van der Waals surface area contributed by atoms with Crippen molar-refractivity contribution in [3.05, 3.63) is 27.8 Å². The van der Waals surface area contributed by atoms with Gasteiger partial charge in [0.1, 0.15) is 5.75 Å². The molecular weight excluding hydrogens is 214 g/mol. The van der Waals surface area contributed by atoms with E-state index in [2.05, 4.69) is 0 Å². The maximum Gasteiger partial charge on any atom is 0.315 e. The van der Waals surface area contributed by atoms with Crippen LogP contribution in [0.3, 0.4) is 0 Å². The van der Waals surface area contributed by atoms with Crippen LogP contribution in [0.1, 0.15) is 17.3 Å². The lowest BCUT2D eigenvalue weighted by atomic mass is 10.1. The highest BCUT2D eigenvalue weighted by atomic mass is 16.6. The van der Waals surface area contributed by atoms with Crippen LogP contribution in [0.5, 0.6) is 11.5 Å². The zero-order valence-corrected chi connectivity index (χ0v) is 9.14. The van der Waals surface area contributed by atoms with Gasteiger partial charge in [-0.1, -0.05) is 0 Å². The van der Waals surface area contributed by atoms with Crippen LogP contribution in [-0.4, -0.2) is 24.9 Å². The molecule has 0 bridgehead atoms. The van der Waals surface area contributed by atoms with Gasteiger partial charge in [0.2, 0.25) is 5.75 Å². The summed E-state index contributed by atoms with van der Waals surface area (Å²) < 4.78 is 9.76. The molecule has 0 amide bonds. The molecule has 6 heteroatoms. The van der Waals surface area contributed by atoms with Gasteiger partial charge >= 0.3 is 5.69 Å². The van der Waals surface area contributed by atoms with Crippen LogP contribution < -0.4 is 9.47 Å². The van der Waals surface area contributed by atoms with Crippen LogP contribution in [0.2, 0.25) is 0 Å². The fourth-order valence-electron chi connectivity index (χ4n) is 1.32. The number of ketones is 1. The normalized spacial score (nSPS) is 9.69. The summed E-state index contributed by atoms with van der Waals surface area (Å²) in [6.45, 7) is 1.31. The van der Waals surface area contributed by atoms with E-state index in [1.165, 1.54) is 33.3 Å². The average molecular weight is 225 g/mol. The Bertz CT molecular complexity index is 406. The quantitative estimate of drug-likeness (QED) is 0.443. The van der Waals surface area contributed by atoms with E-state index in [0.717, 1.165) is 0 Å². The first-order valence-corrected chi connectivity index (χ1v) is 4.42. The van der Waals surface area contributed by atoms with Gasteiger partial charge in [0.15, 0.2) is 5.78 Å². The number of nitrogens with zero attached hydrogens (tertiary/aromatic N) is 1. The lowest BCUT2D eigenvalue weighted by Crippen LogP contribution is -2.02. The molecule has 0 saturated heterocycles. The smallest absolute Gasteiger partial charge is 0.315 e. The summed E-state index contributed by atoms with van der Waals surface area (Å²) in [7, 11) is 2.65. The highest BCUT2D eigenvalue weighted by molar-refractivity contribution is 5.98. The van der Waals surface area contributed by atoms with Crippen molar-refractivity contribution in [2.24, 2.45) is 0 Å². The van der Waals surface area contributed by atoms with E-state index in [-0.39, 0.29) is 28.5 Å². The number of rotatable bonds is 4. The first-order valence-electron chi connectivity index (χ1n) is 4.42. The van der Waals surface area contributed by atoms with E-state index in [0.29, 0.717) is 0 Å². The van der Waals surface area contributed by atoms with Gasteiger partial charge in [-0.15, -0.1) is 0 Å². The number of hydrogen-bond donors (Lipinski definition) is 0. The van der Waals surface area contributed by atoms with Gasteiger partial charge in [0, 0.05) is 0 Å². The minimum atomic E-state index is -0.617. The molecule has 0 unspecified atom stereocenters. The van der Waals surface area contributed by atoms with Crippen molar-refractivity contribution < 1.29 is 19.2 Å². The number of hydrogen-bond acceptors (Lipinski definition) is 5. The van der Waals surface area contributed by atoms with Crippen LogP contribution >= 0.6 is 0 Å². The molecule has 86 valence electrons. The summed E-state index contributed by atoms with van der Waals surface area (Å²) >= 11 is 0. The number of nitro benzene ring substituents is 1. The van der Waals surface area contributed by atoms with Crippen molar-refractivity contribution in [1.29, 1.82) is 0 Å². The van der Waals surface area contributed by atoms with Crippen LogP contribution in [0.25, 0.3) is 0 Å². The number of Topliss-reactive ketones (excluding diaryl/α,β-unsaturated/α-hetero) is 1. The third-order valence-electron chi connectivity index (χ3n) is 2.06. The van der Waals surface area contributed by atoms with Crippen molar-refractivity contribution in [2.75, 3.05) is 14.2 Å². The van der Waals surface area contributed by atoms with Gasteiger partial charge in [-0.2, -0.15) is 0 Å². The van der Waals surface area contributed by atoms with Gasteiger partial charge in [-0.3, -0.25) is 14.9 Å². The molecule has 0 aliphatic carbocycles. The Balaban J connectivity index is 3.52. The van der Waals surface area contributed by atoms with Gasteiger partial charge in [-0.25, -0.2) is 0 Å². The molecule has 0 fully saturated rings. The highest BCUT2D eigenvalue weighted by Gasteiger charge is 2.23. The minimum Gasteiger partial charge on any atom is -0.496 e. The Morgan fingerprint density at radius 3 is 2.31 bits per heavy atom. The molecule has 1 rings (SSSR count). The SMILES string of the molecule is COc1cc(C(C)=O)c(OC)c([N+](=O)[O-])c1. The maximum atomic E-state index is 11.3. The van der Waals surface area contributed by atoms with Gasteiger partial charge < -0.3 is 9.47 Å². The first-order chi connectivity index (χ1) is 7.51. The van der Waals surface area contributed by atoms with Crippen LogP contribution in [0.15, 0.2) is 12.1 Å². The van der Waals surface area contributed by atoms with Gasteiger partial charge in [0.25, 0.3) is 0 Å². The lowest BCUT2D eigenvalue weighted by Gasteiger charge is -2.08. The topological polar surface area (TPSA) is 78.7 Å². The molecule has 0 radical (unpaired) electrons. The van der Waals surface area contributed by atoms with E-state index in [1.54, 1.807) is 0 Å². The monoisotopic (exact) mass is 225 g/mol. The van der Waals surface area contributed by atoms with Gasteiger partial charge in [0.05, 0.1) is 30.8 Å². The number of benzene rings is 1. The average Bonchev–Trinajstić information content (AvgIpc) is 2.26. The standard InChI is InChI=1S/C10H11NO5/c1-6(12)8-4-7(15-2)5-9(11(13)14)10(8)16-3/h4-5H,1-3H3. The Labute approximate surface area is 91.9 Å². The molecule has 0 spiro atoms. The predicted molar refractivity (Wildman–Crippen MR) is 56.2 cm³/mol. The summed E-state index contributed by atoms with van der Waals surface area (Å²) in [6.07, 6.45) is 0. The number of nitro groups is 1. The third-order valence-corrected chi connectivity index (χ3v) is 2.06. The number of carbonyl (C=O) groups excluding carboxylic acids is 1. The molecule has 0 aliphatic heterocycles. The Morgan fingerprint density at radius 2 is 1.94 bits per heavy atom. The molecule has 6 nitrogen and oxygen atoms in total. The van der Waals surface area contributed by atoms with Crippen LogP contribution in [0, 0.1) is 10.1 Å². The molecule has 1 aromatic rings. The van der Waals surface area contributed by atoms with Crippen molar-refractivity contribution in [1.82, 2.24) is 0 Å². The Morgan fingerprint density at radius 1 is 1.31 bits per heavy atom. The van der Waals surface area contributed by atoms with Crippen molar-refractivity contribution in [2.45, 2.75) is 6.92 Å². The second-order valence-corrected chi connectivity index (χ2v) is 3.04. The summed E-state index contributed by atoms with van der Waals surface area (Å²) in [5.74, 6) is -0.116. The second-order valence-electron chi connectivity index (χ2n) is 3.04. The highest BCUT2D eigenvalue weighted by Crippen LogP contribution is 2.35. The molecule has 1 aromatic carbocycles. The molecule has 0 aromatic heterocycles. The maximum absolute atomic E-state index is 11.3. The fourth-order valence-corrected chi connectivity index (χ4v) is 1.32. The van der Waals surface area contributed by atoms with E-state index >= 15 is 0 Å². The first kappa shape index (κ1) is 12.0. The fraction of sp³-hybridized carbons (Fsp3) is 0.300. The molecule has 0 atom stereocenters. The van der Waals surface area contributed by atoms with E-state index in [1.807, 2.05) is 0 Å². The molecular formula is C10H11NO5. The number of carbonyl (C=O) groups is 1. The van der Waals surface area contributed by atoms with Crippen molar-refractivity contribution in [3.8, 4) is 11.5 Å².